The summed E-state index contributed by atoms with van der Waals surface area (Å²) in [6.07, 6.45) is 2.07. The Balaban J connectivity index is 1.29. The van der Waals surface area contributed by atoms with Crippen LogP contribution in [-0.4, -0.2) is 81.1 Å². The second-order valence-electron chi connectivity index (χ2n) is 9.83. The van der Waals surface area contributed by atoms with Crippen LogP contribution in [0.25, 0.3) is 22.4 Å². The zero-order chi connectivity index (χ0) is 27.6. The Bertz CT molecular complexity index is 1530. The number of carbonyl (C=O) groups excluding carboxylic acids is 1. The molecule has 40 heavy (non-hydrogen) atoms. The number of halogens is 1. The Kier molecular flexibility index (Phi) is 6.99. The van der Waals surface area contributed by atoms with Crippen molar-refractivity contribution in [1.29, 1.82) is 0 Å². The number of likely N-dealkylation sites (tertiary alicyclic amines) is 1. The molecule has 2 aromatic heterocycles. The predicted octanol–water partition coefficient (Wildman–Crippen LogP) is 4.04. The van der Waals surface area contributed by atoms with E-state index >= 15 is 0 Å². The van der Waals surface area contributed by atoms with Crippen LogP contribution in [0.5, 0.6) is 0 Å². The fourth-order valence-electron chi connectivity index (χ4n) is 5.24. The summed E-state index contributed by atoms with van der Waals surface area (Å²) >= 11 is 0. The first-order valence-electron chi connectivity index (χ1n) is 13.2. The van der Waals surface area contributed by atoms with Crippen LogP contribution in [-0.2, 0) is 4.74 Å². The maximum Gasteiger partial charge on any atom is 0.409 e. The molecule has 0 saturated carbocycles. The Morgan fingerprint density at radius 2 is 1.65 bits per heavy atom. The normalized spacial score (nSPS) is 16.3. The maximum atomic E-state index is 13.3. The number of piperidine rings is 1. The van der Waals surface area contributed by atoms with Gasteiger partial charge in [-0.05, 0) is 61.4 Å². The molecule has 2 aliphatic rings. The monoisotopic (exact) mass is 545 g/mol. The van der Waals surface area contributed by atoms with Gasteiger partial charge < -0.3 is 19.6 Å². The van der Waals surface area contributed by atoms with E-state index in [9.17, 15) is 14.0 Å². The number of benzene rings is 2. The van der Waals surface area contributed by atoms with Crippen molar-refractivity contribution in [2.24, 2.45) is 0 Å². The van der Waals surface area contributed by atoms with Crippen LogP contribution in [0.3, 0.4) is 0 Å². The van der Waals surface area contributed by atoms with Crippen molar-refractivity contribution in [3.63, 3.8) is 0 Å². The quantitative estimate of drug-likeness (QED) is 0.385. The molecule has 0 unspecified atom stereocenters. The van der Waals surface area contributed by atoms with E-state index in [2.05, 4.69) is 10.2 Å². The first-order chi connectivity index (χ1) is 19.5. The van der Waals surface area contributed by atoms with Gasteiger partial charge in [-0.25, -0.2) is 23.8 Å². The van der Waals surface area contributed by atoms with E-state index in [0.29, 0.717) is 75.0 Å². The number of carboxylic acid groups (broad SMARTS) is 1. The number of amides is 2. The number of fused-ring (bicyclic) bond motifs is 1. The zero-order valence-corrected chi connectivity index (χ0v) is 21.7. The van der Waals surface area contributed by atoms with E-state index < -0.39 is 6.09 Å². The molecule has 2 fully saturated rings. The third kappa shape index (κ3) is 5.17. The van der Waals surface area contributed by atoms with Crippen LogP contribution in [0.2, 0.25) is 0 Å². The van der Waals surface area contributed by atoms with Gasteiger partial charge in [-0.3, -0.25) is 10.1 Å². The average molecular weight is 546 g/mol. The Labute approximate surface area is 229 Å². The number of hydrogen-bond donors (Lipinski definition) is 2. The van der Waals surface area contributed by atoms with Gasteiger partial charge in [0.25, 0.3) is 5.91 Å². The fraction of sp³-hybridized carbons (Fsp3) is 0.321. The molecular weight excluding hydrogens is 517 g/mol. The molecule has 2 aliphatic heterocycles. The highest BCUT2D eigenvalue weighted by Crippen LogP contribution is 2.32. The number of nitrogens with zero attached hydrogens (tertiary/aromatic N) is 6. The lowest BCUT2D eigenvalue weighted by Crippen LogP contribution is -2.39. The molecule has 0 radical (unpaired) electrons. The van der Waals surface area contributed by atoms with Gasteiger partial charge in [0.15, 0.2) is 11.5 Å². The first kappa shape index (κ1) is 25.7. The lowest BCUT2D eigenvalue weighted by molar-refractivity contribution is 0.0691. The van der Waals surface area contributed by atoms with E-state index in [1.54, 1.807) is 35.4 Å². The van der Waals surface area contributed by atoms with Crippen LogP contribution >= 0.6 is 0 Å². The van der Waals surface area contributed by atoms with Crippen molar-refractivity contribution in [1.82, 2.24) is 24.6 Å². The molecule has 4 aromatic rings. The average Bonchev–Trinajstić information content (AvgIpc) is 3.41. The number of rotatable bonds is 5. The van der Waals surface area contributed by atoms with Crippen molar-refractivity contribution < 1.29 is 23.8 Å². The summed E-state index contributed by atoms with van der Waals surface area (Å²) in [5.41, 5.74) is 2.39. The van der Waals surface area contributed by atoms with Crippen LogP contribution in [0.15, 0.2) is 54.7 Å². The van der Waals surface area contributed by atoms with Crippen molar-refractivity contribution in [3.8, 4) is 11.4 Å². The lowest BCUT2D eigenvalue weighted by Gasteiger charge is -2.32. The fourth-order valence-corrected chi connectivity index (χ4v) is 5.24. The molecule has 206 valence electrons. The summed E-state index contributed by atoms with van der Waals surface area (Å²) < 4.78 is 20.8. The van der Waals surface area contributed by atoms with Gasteiger partial charge >= 0.3 is 6.09 Å². The van der Waals surface area contributed by atoms with Gasteiger partial charge in [-0.15, -0.1) is 0 Å². The molecule has 2 amide bonds. The van der Waals surface area contributed by atoms with Gasteiger partial charge in [0.05, 0.1) is 30.8 Å². The molecule has 2 aromatic carbocycles. The highest BCUT2D eigenvalue weighted by atomic mass is 19.1. The number of aromatic nitrogens is 4. The Hall–Kier alpha value is -4.58. The summed E-state index contributed by atoms with van der Waals surface area (Å²) in [6, 6.07) is 12.6. The van der Waals surface area contributed by atoms with Gasteiger partial charge in [0.2, 0.25) is 0 Å². The number of hydrogen-bond acceptors (Lipinski definition) is 7. The molecule has 2 saturated heterocycles. The summed E-state index contributed by atoms with van der Waals surface area (Å²) in [6.45, 7) is 3.70. The minimum Gasteiger partial charge on any atom is -0.465 e. The molecule has 0 atom stereocenters. The summed E-state index contributed by atoms with van der Waals surface area (Å²) in [5.74, 6) is 0.822. The summed E-state index contributed by atoms with van der Waals surface area (Å²) in [4.78, 5) is 37.7. The topological polar surface area (TPSA) is 126 Å². The number of ether oxygens (including phenoxy) is 1. The van der Waals surface area contributed by atoms with Crippen molar-refractivity contribution in [3.05, 3.63) is 66.1 Å². The van der Waals surface area contributed by atoms with E-state index in [0.717, 1.165) is 16.8 Å². The van der Waals surface area contributed by atoms with Crippen LogP contribution in [0.4, 0.5) is 20.7 Å². The Morgan fingerprint density at radius 3 is 2.33 bits per heavy atom. The SMILES string of the molecule is O=C(O)Nc1ccc(-c2nc(N3CCOCC3)c3cnn(C4CCN(C(=O)c5ccc(F)cc5)CC4)c3n2)cc1. The molecule has 0 aliphatic carbocycles. The number of morpholine rings is 1. The molecule has 0 bridgehead atoms. The summed E-state index contributed by atoms with van der Waals surface area (Å²) in [7, 11) is 0. The number of anilines is 2. The first-order valence-corrected chi connectivity index (χ1v) is 13.2. The maximum absolute atomic E-state index is 13.3. The minimum atomic E-state index is -1.13. The number of nitrogens with one attached hydrogen (secondary N) is 1. The van der Waals surface area contributed by atoms with Gasteiger partial charge in [0.1, 0.15) is 11.6 Å². The molecule has 6 rings (SSSR count). The number of carbonyl (C=O) groups is 2. The van der Waals surface area contributed by atoms with Gasteiger partial charge in [0, 0.05) is 43.0 Å². The van der Waals surface area contributed by atoms with Crippen LogP contribution in [0, 0.1) is 5.82 Å². The van der Waals surface area contributed by atoms with E-state index in [1.807, 2.05) is 4.68 Å². The Morgan fingerprint density at radius 1 is 0.950 bits per heavy atom. The van der Waals surface area contributed by atoms with Crippen LogP contribution in [0.1, 0.15) is 29.2 Å². The minimum absolute atomic E-state index is 0.0391. The molecule has 0 spiro atoms. The zero-order valence-electron chi connectivity index (χ0n) is 21.7. The third-order valence-electron chi connectivity index (χ3n) is 7.33. The highest BCUT2D eigenvalue weighted by molar-refractivity contribution is 5.94. The largest absolute Gasteiger partial charge is 0.465 e. The molecule has 2 N–H and O–H groups in total. The van der Waals surface area contributed by atoms with E-state index in [4.69, 9.17) is 24.9 Å². The second-order valence-corrected chi connectivity index (χ2v) is 9.83. The highest BCUT2D eigenvalue weighted by Gasteiger charge is 2.28. The van der Waals surface area contributed by atoms with Crippen molar-refractivity contribution in [2.45, 2.75) is 18.9 Å². The molecule has 11 nitrogen and oxygen atoms in total. The second kappa shape index (κ2) is 10.9. The molecule has 12 heteroatoms. The molecular formula is C28H28FN7O4. The predicted molar refractivity (Wildman–Crippen MR) is 146 cm³/mol. The standard InChI is InChI=1S/C28H28FN7O4/c29-20-5-1-19(2-6-20)27(37)35-11-9-22(10-12-35)36-26-23(17-30-36)25(34-13-15-40-16-14-34)32-24(33-26)18-3-7-21(8-4-18)31-28(38)39/h1-8,17,22,31H,9-16H2,(H,38,39). The summed E-state index contributed by atoms with van der Waals surface area (Å²) in [5, 5.41) is 16.9. The third-order valence-corrected chi connectivity index (χ3v) is 7.33. The smallest absolute Gasteiger partial charge is 0.409 e. The van der Waals surface area contributed by atoms with E-state index in [-0.39, 0.29) is 17.8 Å². The van der Waals surface area contributed by atoms with Crippen molar-refractivity contribution >= 4 is 34.5 Å². The van der Waals surface area contributed by atoms with E-state index in [1.165, 1.54) is 24.3 Å². The van der Waals surface area contributed by atoms with Crippen molar-refractivity contribution in [2.75, 3.05) is 49.6 Å². The molecule has 4 heterocycles. The van der Waals surface area contributed by atoms with Crippen LogP contribution < -0.4 is 10.2 Å². The van der Waals surface area contributed by atoms with Gasteiger partial charge in [-0.1, -0.05) is 0 Å². The van der Waals surface area contributed by atoms with Gasteiger partial charge in [-0.2, -0.15) is 5.10 Å². The lowest BCUT2D eigenvalue weighted by atomic mass is 10.0.